The van der Waals surface area contributed by atoms with Crippen molar-refractivity contribution in [1.29, 1.82) is 0 Å². The molecule has 0 unspecified atom stereocenters. The van der Waals surface area contributed by atoms with Gasteiger partial charge in [0.1, 0.15) is 11.2 Å². The van der Waals surface area contributed by atoms with Crippen molar-refractivity contribution in [2.45, 2.75) is 19.3 Å². The minimum Gasteiger partial charge on any atom is -0.455 e. The molecule has 9 aromatic carbocycles. The van der Waals surface area contributed by atoms with Crippen LogP contribution in [0.15, 0.2) is 205 Å². The fourth-order valence-electron chi connectivity index (χ4n) is 9.37. The Morgan fingerprint density at radius 2 is 0.912 bits per heavy atom. The Morgan fingerprint density at radius 1 is 0.404 bits per heavy atom. The summed E-state index contributed by atoms with van der Waals surface area (Å²) < 4.78 is 7.23. The van der Waals surface area contributed by atoms with E-state index in [0.29, 0.717) is 0 Å². The molecule has 10 aromatic rings. The van der Waals surface area contributed by atoms with E-state index < -0.39 is 0 Å². The highest BCUT2D eigenvalue weighted by Crippen LogP contribution is 2.58. The highest BCUT2D eigenvalue weighted by Gasteiger charge is 2.41. The van der Waals surface area contributed by atoms with Gasteiger partial charge < -0.3 is 9.32 Å². The van der Waals surface area contributed by atoms with Crippen LogP contribution in [-0.4, -0.2) is 0 Å². The summed E-state index contributed by atoms with van der Waals surface area (Å²) in [6.07, 6.45) is 0. The van der Waals surface area contributed by atoms with E-state index in [4.69, 9.17) is 4.42 Å². The number of benzene rings is 9. The smallest absolute Gasteiger partial charge is 0.144 e. The highest BCUT2D eigenvalue weighted by atomic mass is 16.3. The van der Waals surface area contributed by atoms with Crippen LogP contribution in [0.5, 0.6) is 0 Å². The number of rotatable bonds is 6. The maximum Gasteiger partial charge on any atom is 0.144 e. The summed E-state index contributed by atoms with van der Waals surface area (Å²) >= 11 is 0. The maximum atomic E-state index is 7.23. The third kappa shape index (κ3) is 5.25. The molecular weight excluding hydrogens is 691 g/mol. The van der Waals surface area contributed by atoms with Crippen molar-refractivity contribution >= 4 is 49.8 Å². The van der Waals surface area contributed by atoms with Gasteiger partial charge in [-0.05, 0) is 97.2 Å². The molecule has 0 atom stereocenters. The van der Waals surface area contributed by atoms with Crippen LogP contribution in [0.3, 0.4) is 0 Å². The van der Waals surface area contributed by atoms with Gasteiger partial charge in [0.05, 0.1) is 0 Å². The van der Waals surface area contributed by atoms with Crippen molar-refractivity contribution in [1.82, 2.24) is 0 Å². The minimum absolute atomic E-state index is 0.220. The highest BCUT2D eigenvalue weighted by molar-refractivity contribution is 6.26. The molecule has 1 aliphatic rings. The van der Waals surface area contributed by atoms with E-state index in [1.54, 1.807) is 0 Å². The second kappa shape index (κ2) is 13.0. The van der Waals surface area contributed by atoms with E-state index in [2.05, 4.69) is 219 Å². The third-order valence-electron chi connectivity index (χ3n) is 12.0. The van der Waals surface area contributed by atoms with E-state index >= 15 is 0 Å². The average molecular weight is 730 g/mol. The molecule has 1 heterocycles. The summed E-state index contributed by atoms with van der Waals surface area (Å²) in [6.45, 7) is 4.74. The minimum atomic E-state index is -0.220. The summed E-state index contributed by atoms with van der Waals surface area (Å²) in [5, 5.41) is 4.80. The van der Waals surface area contributed by atoms with Gasteiger partial charge in [0.15, 0.2) is 0 Å². The SMILES string of the molecule is CC1(C)c2cccc(-c3ccccc3)c2-c2c1c1ccccc1c1c2oc2cc(N(c3ccc(-c4ccccc4)cc3)c3ccc(-c4ccccc4)cc3)ccc21. The van der Waals surface area contributed by atoms with Gasteiger partial charge >= 0.3 is 0 Å². The molecule has 270 valence electrons. The summed E-state index contributed by atoms with van der Waals surface area (Å²) in [7, 11) is 0. The van der Waals surface area contributed by atoms with Crippen molar-refractivity contribution in [3.05, 3.63) is 211 Å². The molecule has 0 saturated carbocycles. The second-order valence-electron chi connectivity index (χ2n) is 15.7. The Labute approximate surface area is 332 Å². The zero-order valence-corrected chi connectivity index (χ0v) is 31.9. The number of hydrogen-bond donors (Lipinski definition) is 0. The lowest BCUT2D eigenvalue weighted by molar-refractivity contribution is 0.658. The number of hydrogen-bond acceptors (Lipinski definition) is 2. The Kier molecular flexibility index (Phi) is 7.55. The standard InChI is InChI=1S/C55H39NO/c1-55(2)48-24-14-23-44(40-19-10-5-11-20-40)51(48)52-53(55)46-22-13-12-21-45(46)50-47-34-33-43(35-49(47)57-54(50)52)56(41-29-25-38(26-30-41)36-15-6-3-7-16-36)42-31-27-39(28-32-42)37-17-8-4-9-18-37/h3-35H,1-2H3. The van der Waals surface area contributed by atoms with Gasteiger partial charge in [0.25, 0.3) is 0 Å². The van der Waals surface area contributed by atoms with Gasteiger partial charge in [-0.1, -0.05) is 172 Å². The molecular formula is C55H39NO. The molecule has 2 heteroatoms. The van der Waals surface area contributed by atoms with Gasteiger partial charge in [0, 0.05) is 44.9 Å². The molecule has 0 radical (unpaired) electrons. The van der Waals surface area contributed by atoms with E-state index in [9.17, 15) is 0 Å². The lowest BCUT2D eigenvalue weighted by Gasteiger charge is -2.26. The van der Waals surface area contributed by atoms with Crippen molar-refractivity contribution in [2.75, 3.05) is 4.90 Å². The molecule has 0 aliphatic heterocycles. The zero-order chi connectivity index (χ0) is 38.1. The first kappa shape index (κ1) is 33.2. The van der Waals surface area contributed by atoms with E-state index in [-0.39, 0.29) is 5.41 Å². The monoisotopic (exact) mass is 729 g/mol. The van der Waals surface area contributed by atoms with Crippen LogP contribution >= 0.6 is 0 Å². The second-order valence-corrected chi connectivity index (χ2v) is 15.7. The number of fused-ring (bicyclic) bond motifs is 10. The fourth-order valence-corrected chi connectivity index (χ4v) is 9.37. The predicted octanol–water partition coefficient (Wildman–Crippen LogP) is 15.5. The summed E-state index contributed by atoms with van der Waals surface area (Å²) in [4.78, 5) is 2.34. The lowest BCUT2D eigenvalue weighted by Crippen LogP contribution is -2.15. The number of furan rings is 1. The van der Waals surface area contributed by atoms with Gasteiger partial charge in [-0.25, -0.2) is 0 Å². The van der Waals surface area contributed by atoms with Crippen LogP contribution in [0.4, 0.5) is 17.1 Å². The van der Waals surface area contributed by atoms with E-state index in [1.807, 2.05) is 0 Å². The molecule has 11 rings (SSSR count). The van der Waals surface area contributed by atoms with Gasteiger partial charge in [-0.2, -0.15) is 0 Å². The van der Waals surface area contributed by atoms with Crippen molar-refractivity contribution in [2.24, 2.45) is 0 Å². The van der Waals surface area contributed by atoms with Crippen LogP contribution in [0.1, 0.15) is 25.0 Å². The van der Waals surface area contributed by atoms with Crippen molar-refractivity contribution in [3.63, 3.8) is 0 Å². The van der Waals surface area contributed by atoms with Crippen LogP contribution in [-0.2, 0) is 5.41 Å². The molecule has 2 nitrogen and oxygen atoms in total. The molecule has 0 fully saturated rings. The molecule has 1 aliphatic carbocycles. The molecule has 0 spiro atoms. The third-order valence-corrected chi connectivity index (χ3v) is 12.0. The van der Waals surface area contributed by atoms with Gasteiger partial charge in [-0.15, -0.1) is 0 Å². The van der Waals surface area contributed by atoms with Crippen molar-refractivity contribution < 1.29 is 4.42 Å². The number of nitrogens with zero attached hydrogens (tertiary/aromatic N) is 1. The van der Waals surface area contributed by atoms with Crippen LogP contribution in [0, 0.1) is 0 Å². The topological polar surface area (TPSA) is 16.4 Å². The molecule has 0 saturated heterocycles. The van der Waals surface area contributed by atoms with Crippen LogP contribution < -0.4 is 4.90 Å². The zero-order valence-electron chi connectivity index (χ0n) is 31.9. The molecule has 0 N–H and O–H groups in total. The first-order valence-electron chi connectivity index (χ1n) is 19.8. The number of anilines is 3. The molecule has 0 amide bonds. The first-order valence-corrected chi connectivity index (χ1v) is 19.8. The quantitative estimate of drug-likeness (QED) is 0.169. The van der Waals surface area contributed by atoms with E-state index in [1.165, 1.54) is 71.8 Å². The first-order chi connectivity index (χ1) is 28.0. The van der Waals surface area contributed by atoms with Gasteiger partial charge in [0.2, 0.25) is 0 Å². The lowest BCUT2D eigenvalue weighted by atomic mass is 9.79. The van der Waals surface area contributed by atoms with Crippen LogP contribution in [0.2, 0.25) is 0 Å². The maximum absolute atomic E-state index is 7.23. The fraction of sp³-hybridized carbons (Fsp3) is 0.0545. The Balaban J connectivity index is 1.13. The Hall–Kier alpha value is -7.16. The average Bonchev–Trinajstić information content (AvgIpc) is 3.77. The van der Waals surface area contributed by atoms with Crippen LogP contribution in [0.25, 0.3) is 77.2 Å². The normalized spacial score (nSPS) is 12.9. The van der Waals surface area contributed by atoms with Gasteiger partial charge in [-0.3, -0.25) is 0 Å². The van der Waals surface area contributed by atoms with Crippen molar-refractivity contribution in [3.8, 4) is 44.5 Å². The summed E-state index contributed by atoms with van der Waals surface area (Å²) in [5.74, 6) is 0. The Morgan fingerprint density at radius 3 is 1.51 bits per heavy atom. The summed E-state index contributed by atoms with van der Waals surface area (Å²) in [5.41, 5.74) is 17.2. The molecule has 1 aromatic heterocycles. The largest absolute Gasteiger partial charge is 0.455 e. The summed E-state index contributed by atoms with van der Waals surface area (Å²) in [6, 6.07) is 72.1. The Bertz CT molecular complexity index is 3020. The predicted molar refractivity (Wildman–Crippen MR) is 240 cm³/mol. The molecule has 0 bridgehead atoms. The molecule has 57 heavy (non-hydrogen) atoms. The van der Waals surface area contributed by atoms with E-state index in [0.717, 1.165) is 33.6 Å².